The summed E-state index contributed by atoms with van der Waals surface area (Å²) in [5.41, 5.74) is 1.42. The van der Waals surface area contributed by atoms with Gasteiger partial charge in [-0.3, -0.25) is 9.58 Å². The largest absolute Gasteiger partial charge is 0.309 e. The standard InChI is InChI=1S/C16H28N4/c1-12(2)20-8-7-14(18-20)10-19-11-16(3,4)17-9-15(19)13-5-6-13/h7-8,12-13,15,17H,5-6,9-11H2,1-4H3. The van der Waals surface area contributed by atoms with Crippen molar-refractivity contribution in [2.45, 2.75) is 64.7 Å². The molecule has 2 fully saturated rings. The Hall–Kier alpha value is -0.870. The maximum atomic E-state index is 4.72. The number of hydrogen-bond acceptors (Lipinski definition) is 3. The van der Waals surface area contributed by atoms with Crippen LogP contribution in [0, 0.1) is 5.92 Å². The van der Waals surface area contributed by atoms with Gasteiger partial charge in [0.05, 0.1) is 5.69 Å². The lowest BCUT2D eigenvalue weighted by molar-refractivity contribution is 0.0746. The van der Waals surface area contributed by atoms with Gasteiger partial charge < -0.3 is 5.32 Å². The fourth-order valence-electron chi connectivity index (χ4n) is 3.27. The Labute approximate surface area is 122 Å². The Morgan fingerprint density at radius 2 is 2.15 bits per heavy atom. The van der Waals surface area contributed by atoms with E-state index in [1.165, 1.54) is 18.5 Å². The van der Waals surface area contributed by atoms with E-state index in [0.717, 1.165) is 25.6 Å². The van der Waals surface area contributed by atoms with Crippen LogP contribution < -0.4 is 5.32 Å². The molecule has 0 bridgehead atoms. The molecule has 2 aliphatic rings. The van der Waals surface area contributed by atoms with E-state index in [9.17, 15) is 0 Å². The normalized spacial score (nSPS) is 27.1. The summed E-state index contributed by atoms with van der Waals surface area (Å²) in [5.74, 6) is 0.908. The van der Waals surface area contributed by atoms with Gasteiger partial charge >= 0.3 is 0 Å². The Balaban J connectivity index is 1.71. The molecule has 2 heterocycles. The maximum absolute atomic E-state index is 4.72. The third-order valence-electron chi connectivity index (χ3n) is 4.58. The molecule has 1 saturated carbocycles. The summed E-state index contributed by atoms with van der Waals surface area (Å²) in [5, 5.41) is 8.42. The SMILES string of the molecule is CC(C)n1ccc(CN2CC(C)(C)NCC2C2CC2)n1. The van der Waals surface area contributed by atoms with Crippen LogP contribution in [-0.4, -0.2) is 39.4 Å². The quantitative estimate of drug-likeness (QED) is 0.917. The Kier molecular flexibility index (Phi) is 3.63. The molecular formula is C16H28N4. The number of hydrogen-bond donors (Lipinski definition) is 1. The third kappa shape index (κ3) is 3.07. The van der Waals surface area contributed by atoms with Crippen LogP contribution in [0.5, 0.6) is 0 Å². The van der Waals surface area contributed by atoms with Gasteiger partial charge in [0.25, 0.3) is 0 Å². The number of nitrogens with zero attached hydrogens (tertiary/aromatic N) is 3. The van der Waals surface area contributed by atoms with Crippen molar-refractivity contribution in [2.75, 3.05) is 13.1 Å². The van der Waals surface area contributed by atoms with Crippen molar-refractivity contribution in [1.29, 1.82) is 0 Å². The molecular weight excluding hydrogens is 248 g/mol. The average molecular weight is 276 g/mol. The topological polar surface area (TPSA) is 33.1 Å². The molecule has 1 unspecified atom stereocenters. The minimum atomic E-state index is 0.214. The second-order valence-electron chi connectivity index (χ2n) is 7.46. The summed E-state index contributed by atoms with van der Waals surface area (Å²) in [6.07, 6.45) is 4.92. The minimum Gasteiger partial charge on any atom is -0.309 e. The first-order chi connectivity index (χ1) is 9.44. The number of piperazine rings is 1. The fraction of sp³-hybridized carbons (Fsp3) is 0.812. The molecule has 20 heavy (non-hydrogen) atoms. The molecule has 4 nitrogen and oxygen atoms in total. The van der Waals surface area contributed by atoms with Gasteiger partial charge in [0.1, 0.15) is 0 Å². The summed E-state index contributed by atoms with van der Waals surface area (Å²) in [4.78, 5) is 2.65. The molecule has 0 amide bonds. The summed E-state index contributed by atoms with van der Waals surface area (Å²) >= 11 is 0. The van der Waals surface area contributed by atoms with Gasteiger partial charge in [-0.1, -0.05) is 0 Å². The van der Waals surface area contributed by atoms with E-state index >= 15 is 0 Å². The van der Waals surface area contributed by atoms with Gasteiger partial charge in [0.15, 0.2) is 0 Å². The van der Waals surface area contributed by atoms with E-state index in [4.69, 9.17) is 5.10 Å². The average Bonchev–Trinajstić information content (AvgIpc) is 3.07. The Bertz CT molecular complexity index is 459. The van der Waals surface area contributed by atoms with Crippen LogP contribution in [0.25, 0.3) is 0 Å². The zero-order valence-electron chi connectivity index (χ0n) is 13.3. The van der Waals surface area contributed by atoms with Crippen LogP contribution in [0.1, 0.15) is 52.3 Å². The van der Waals surface area contributed by atoms with E-state index < -0.39 is 0 Å². The van der Waals surface area contributed by atoms with Gasteiger partial charge in [-0.15, -0.1) is 0 Å². The zero-order valence-corrected chi connectivity index (χ0v) is 13.3. The molecule has 0 spiro atoms. The van der Waals surface area contributed by atoms with E-state index in [-0.39, 0.29) is 5.54 Å². The monoisotopic (exact) mass is 276 g/mol. The van der Waals surface area contributed by atoms with Gasteiger partial charge in [0.2, 0.25) is 0 Å². The lowest BCUT2D eigenvalue weighted by Crippen LogP contribution is -2.61. The maximum Gasteiger partial charge on any atom is 0.0765 e. The highest BCUT2D eigenvalue weighted by Crippen LogP contribution is 2.37. The molecule has 1 saturated heterocycles. The molecule has 1 aromatic heterocycles. The summed E-state index contributed by atoms with van der Waals surface area (Å²) < 4.78 is 2.06. The summed E-state index contributed by atoms with van der Waals surface area (Å²) in [6.45, 7) is 12.2. The highest BCUT2D eigenvalue weighted by molar-refractivity contribution is 5.04. The van der Waals surface area contributed by atoms with Gasteiger partial charge in [-0.05, 0) is 52.5 Å². The van der Waals surface area contributed by atoms with Crippen LogP contribution in [0.4, 0.5) is 0 Å². The molecule has 112 valence electrons. The molecule has 3 rings (SSSR count). The van der Waals surface area contributed by atoms with Crippen molar-refractivity contribution >= 4 is 0 Å². The molecule has 0 aromatic carbocycles. The van der Waals surface area contributed by atoms with Crippen LogP contribution in [0.3, 0.4) is 0 Å². The highest BCUT2D eigenvalue weighted by Gasteiger charge is 2.40. The predicted octanol–water partition coefficient (Wildman–Crippen LogP) is 2.43. The molecule has 1 aliphatic carbocycles. The Morgan fingerprint density at radius 1 is 1.40 bits per heavy atom. The van der Waals surface area contributed by atoms with Crippen LogP contribution >= 0.6 is 0 Å². The fourth-order valence-corrected chi connectivity index (χ4v) is 3.27. The van der Waals surface area contributed by atoms with Gasteiger partial charge in [-0.25, -0.2) is 0 Å². The third-order valence-corrected chi connectivity index (χ3v) is 4.58. The second kappa shape index (κ2) is 5.15. The molecule has 1 aliphatic heterocycles. The van der Waals surface area contributed by atoms with Crippen molar-refractivity contribution in [1.82, 2.24) is 20.0 Å². The van der Waals surface area contributed by atoms with Gasteiger partial charge in [-0.2, -0.15) is 5.10 Å². The number of nitrogens with one attached hydrogen (secondary N) is 1. The van der Waals surface area contributed by atoms with Crippen molar-refractivity contribution in [3.05, 3.63) is 18.0 Å². The zero-order chi connectivity index (χ0) is 14.3. The van der Waals surface area contributed by atoms with Crippen LogP contribution in [0.2, 0.25) is 0 Å². The highest BCUT2D eigenvalue weighted by atomic mass is 15.3. The molecule has 0 radical (unpaired) electrons. The van der Waals surface area contributed by atoms with Gasteiger partial charge in [0, 0.05) is 43.5 Å². The second-order valence-corrected chi connectivity index (χ2v) is 7.46. The van der Waals surface area contributed by atoms with E-state index in [2.05, 4.69) is 54.9 Å². The van der Waals surface area contributed by atoms with Crippen molar-refractivity contribution < 1.29 is 0 Å². The molecule has 1 atom stereocenters. The van der Waals surface area contributed by atoms with Crippen LogP contribution in [0.15, 0.2) is 12.3 Å². The first-order valence-corrected chi connectivity index (χ1v) is 7.98. The first kappa shape index (κ1) is 14.1. The molecule has 1 N–H and O–H groups in total. The predicted molar refractivity (Wildman–Crippen MR) is 81.6 cm³/mol. The molecule has 1 aromatic rings. The van der Waals surface area contributed by atoms with E-state index in [0.29, 0.717) is 12.1 Å². The lowest BCUT2D eigenvalue weighted by atomic mass is 9.96. The van der Waals surface area contributed by atoms with Crippen LogP contribution in [-0.2, 0) is 6.54 Å². The van der Waals surface area contributed by atoms with E-state index in [1.54, 1.807) is 0 Å². The number of rotatable bonds is 4. The smallest absolute Gasteiger partial charge is 0.0765 e. The first-order valence-electron chi connectivity index (χ1n) is 7.98. The number of aromatic nitrogens is 2. The lowest BCUT2D eigenvalue weighted by Gasteiger charge is -2.44. The van der Waals surface area contributed by atoms with Crippen molar-refractivity contribution in [3.63, 3.8) is 0 Å². The van der Waals surface area contributed by atoms with E-state index in [1.807, 2.05) is 0 Å². The molecule has 4 heteroatoms. The Morgan fingerprint density at radius 3 is 2.75 bits per heavy atom. The summed E-state index contributed by atoms with van der Waals surface area (Å²) in [6, 6.07) is 3.33. The van der Waals surface area contributed by atoms with Crippen molar-refractivity contribution in [2.24, 2.45) is 5.92 Å². The summed E-state index contributed by atoms with van der Waals surface area (Å²) in [7, 11) is 0. The van der Waals surface area contributed by atoms with Crippen molar-refractivity contribution in [3.8, 4) is 0 Å². The minimum absolute atomic E-state index is 0.214.